The number of Topliss-reactive ketones (excluding diaryl/α,β-unsaturated/α-hetero) is 2. The molecule has 1 aliphatic carbocycles. The van der Waals surface area contributed by atoms with Crippen molar-refractivity contribution in [1.29, 1.82) is 0 Å². The smallest absolute Gasteiger partial charge is 0.265 e. The first-order chi connectivity index (χ1) is 11.5. The largest absolute Gasteiger partial charge is 0.497 e. The van der Waals surface area contributed by atoms with Crippen LogP contribution >= 0.6 is 0 Å². The van der Waals surface area contributed by atoms with Crippen LogP contribution in [0.25, 0.3) is 0 Å². The summed E-state index contributed by atoms with van der Waals surface area (Å²) in [6, 6.07) is 12.3. The van der Waals surface area contributed by atoms with Crippen molar-refractivity contribution in [3.8, 4) is 5.75 Å². The summed E-state index contributed by atoms with van der Waals surface area (Å²) in [4.78, 5) is 36.7. The zero-order valence-corrected chi connectivity index (χ0v) is 12.7. The first-order valence-electron chi connectivity index (χ1n) is 7.10. The van der Waals surface area contributed by atoms with Crippen LogP contribution in [0.2, 0.25) is 0 Å². The Hall–Kier alpha value is -3.03. The zero-order chi connectivity index (χ0) is 17.3. The second-order valence-electron chi connectivity index (χ2n) is 5.23. The van der Waals surface area contributed by atoms with Crippen molar-refractivity contribution < 1.29 is 24.2 Å². The lowest BCUT2D eigenvalue weighted by molar-refractivity contribution is 0.0138. The molecular weight excluding hydrogens is 312 g/mol. The first kappa shape index (κ1) is 15.9. The third-order valence-electron chi connectivity index (χ3n) is 3.76. The molecular formula is C17H14N2O5. The Kier molecular flexibility index (Phi) is 3.88. The van der Waals surface area contributed by atoms with Crippen molar-refractivity contribution in [2.75, 3.05) is 7.11 Å². The van der Waals surface area contributed by atoms with E-state index in [0.717, 1.165) is 0 Å². The molecule has 3 N–H and O–H groups in total. The Morgan fingerprint density at radius 3 is 2.25 bits per heavy atom. The quantitative estimate of drug-likeness (QED) is 0.434. The Bertz CT molecular complexity index is 811. The van der Waals surface area contributed by atoms with Gasteiger partial charge in [-0.1, -0.05) is 30.3 Å². The molecule has 0 unspecified atom stereocenters. The Labute approximate surface area is 137 Å². The lowest BCUT2D eigenvalue weighted by atomic mass is 10.1. The zero-order valence-electron chi connectivity index (χ0n) is 12.7. The number of hydrazine groups is 1. The fraction of sp³-hybridized carbons (Fsp3) is 0.118. The summed E-state index contributed by atoms with van der Waals surface area (Å²) in [6.45, 7) is 0. The number of hydrogen-bond donors (Lipinski definition) is 3. The average Bonchev–Trinajstić information content (AvgIpc) is 2.82. The van der Waals surface area contributed by atoms with Gasteiger partial charge in [-0.25, -0.2) is 0 Å². The van der Waals surface area contributed by atoms with E-state index in [2.05, 4.69) is 10.9 Å². The number of benzene rings is 2. The molecule has 1 amide bonds. The maximum atomic E-state index is 12.3. The van der Waals surface area contributed by atoms with Gasteiger partial charge in [0.1, 0.15) is 5.75 Å². The summed E-state index contributed by atoms with van der Waals surface area (Å²) in [6.07, 6.45) is 0. The standard InChI is InChI=1S/C17H14N2O5/c1-24-11-6-4-5-10(9-11)16(22)18-19-17(23)14(20)12-7-2-3-8-13(12)15(17)21/h2-9,19,23H,1H3,(H,18,22). The molecule has 3 rings (SSSR count). The molecule has 122 valence electrons. The maximum absolute atomic E-state index is 12.3. The second-order valence-corrected chi connectivity index (χ2v) is 5.23. The highest BCUT2D eigenvalue weighted by atomic mass is 16.5. The van der Waals surface area contributed by atoms with Crippen LogP contribution in [0.1, 0.15) is 31.1 Å². The van der Waals surface area contributed by atoms with E-state index < -0.39 is 23.2 Å². The van der Waals surface area contributed by atoms with Gasteiger partial charge >= 0.3 is 0 Å². The van der Waals surface area contributed by atoms with Gasteiger partial charge in [-0.15, -0.1) is 0 Å². The normalized spacial score (nSPS) is 15.1. The van der Waals surface area contributed by atoms with Crippen molar-refractivity contribution in [3.05, 3.63) is 65.2 Å². The van der Waals surface area contributed by atoms with E-state index >= 15 is 0 Å². The van der Waals surface area contributed by atoms with Crippen LogP contribution in [0.4, 0.5) is 0 Å². The maximum Gasteiger partial charge on any atom is 0.265 e. The molecule has 7 heteroatoms. The van der Waals surface area contributed by atoms with Gasteiger partial charge in [0, 0.05) is 16.7 Å². The average molecular weight is 326 g/mol. The summed E-state index contributed by atoms with van der Waals surface area (Å²) in [5, 5.41) is 10.4. The molecule has 24 heavy (non-hydrogen) atoms. The highest BCUT2D eigenvalue weighted by Crippen LogP contribution is 2.27. The number of carbonyl (C=O) groups is 3. The highest BCUT2D eigenvalue weighted by Gasteiger charge is 2.52. The highest BCUT2D eigenvalue weighted by molar-refractivity contribution is 6.31. The van der Waals surface area contributed by atoms with E-state index in [9.17, 15) is 19.5 Å². The number of methoxy groups -OCH3 is 1. The molecule has 0 aromatic heterocycles. The van der Waals surface area contributed by atoms with Crippen LogP contribution in [0.3, 0.4) is 0 Å². The molecule has 0 atom stereocenters. The van der Waals surface area contributed by atoms with Crippen molar-refractivity contribution >= 4 is 17.5 Å². The fourth-order valence-electron chi connectivity index (χ4n) is 2.47. The third kappa shape index (κ3) is 2.45. The number of amides is 1. The molecule has 0 radical (unpaired) electrons. The van der Waals surface area contributed by atoms with Gasteiger partial charge in [-0.2, -0.15) is 5.43 Å². The van der Waals surface area contributed by atoms with Crippen molar-refractivity contribution in [2.24, 2.45) is 0 Å². The number of nitrogens with one attached hydrogen (secondary N) is 2. The number of rotatable bonds is 4. The summed E-state index contributed by atoms with van der Waals surface area (Å²) >= 11 is 0. The van der Waals surface area contributed by atoms with Crippen LogP contribution in [-0.4, -0.2) is 35.4 Å². The molecule has 0 heterocycles. The van der Waals surface area contributed by atoms with E-state index in [-0.39, 0.29) is 16.7 Å². The van der Waals surface area contributed by atoms with Crippen LogP contribution < -0.4 is 15.6 Å². The molecule has 0 bridgehead atoms. The number of ketones is 2. The topological polar surface area (TPSA) is 105 Å². The number of ether oxygens (including phenoxy) is 1. The minimum atomic E-state index is -2.52. The molecule has 2 aromatic rings. The van der Waals surface area contributed by atoms with Gasteiger partial charge < -0.3 is 9.84 Å². The van der Waals surface area contributed by atoms with E-state index in [4.69, 9.17) is 4.74 Å². The SMILES string of the molecule is COc1cccc(C(=O)NNC2(O)C(=O)c3ccccc3C2=O)c1. The lowest BCUT2D eigenvalue weighted by Gasteiger charge is -2.21. The molecule has 0 aliphatic heterocycles. The Morgan fingerprint density at radius 1 is 1.04 bits per heavy atom. The lowest BCUT2D eigenvalue weighted by Crippen LogP contribution is -2.61. The molecule has 0 saturated heterocycles. The van der Waals surface area contributed by atoms with Crippen LogP contribution in [0.15, 0.2) is 48.5 Å². The first-order valence-corrected chi connectivity index (χ1v) is 7.10. The monoisotopic (exact) mass is 326 g/mol. The van der Waals surface area contributed by atoms with Crippen LogP contribution in [-0.2, 0) is 0 Å². The van der Waals surface area contributed by atoms with E-state index in [1.54, 1.807) is 24.3 Å². The predicted molar refractivity (Wildman–Crippen MR) is 83.6 cm³/mol. The minimum absolute atomic E-state index is 0.105. The Balaban J connectivity index is 1.78. The van der Waals surface area contributed by atoms with Gasteiger partial charge in [0.05, 0.1) is 7.11 Å². The number of aliphatic hydroxyl groups is 1. The third-order valence-corrected chi connectivity index (χ3v) is 3.76. The van der Waals surface area contributed by atoms with Gasteiger partial charge in [0.2, 0.25) is 11.6 Å². The molecule has 0 saturated carbocycles. The summed E-state index contributed by atoms with van der Waals surface area (Å²) < 4.78 is 5.02. The summed E-state index contributed by atoms with van der Waals surface area (Å²) in [7, 11) is 1.46. The van der Waals surface area contributed by atoms with E-state index in [1.165, 1.54) is 31.4 Å². The van der Waals surface area contributed by atoms with Gasteiger partial charge in [-0.3, -0.25) is 19.8 Å². The fourth-order valence-corrected chi connectivity index (χ4v) is 2.47. The summed E-state index contributed by atoms with van der Waals surface area (Å²) in [5.41, 5.74) is 2.28. The van der Waals surface area contributed by atoms with Crippen LogP contribution in [0, 0.1) is 0 Å². The number of fused-ring (bicyclic) bond motifs is 1. The van der Waals surface area contributed by atoms with Gasteiger partial charge in [0.15, 0.2) is 0 Å². The molecule has 2 aromatic carbocycles. The second kappa shape index (κ2) is 5.88. The van der Waals surface area contributed by atoms with E-state index in [0.29, 0.717) is 5.75 Å². The minimum Gasteiger partial charge on any atom is -0.497 e. The number of hydrogen-bond acceptors (Lipinski definition) is 6. The van der Waals surface area contributed by atoms with Gasteiger partial charge in [-0.05, 0) is 18.2 Å². The van der Waals surface area contributed by atoms with Crippen LogP contribution in [0.5, 0.6) is 5.75 Å². The summed E-state index contributed by atoms with van der Waals surface area (Å²) in [5.74, 6) is -1.77. The van der Waals surface area contributed by atoms with Crippen molar-refractivity contribution in [1.82, 2.24) is 10.9 Å². The van der Waals surface area contributed by atoms with E-state index in [1.807, 2.05) is 0 Å². The molecule has 0 fully saturated rings. The molecule has 7 nitrogen and oxygen atoms in total. The molecule has 1 aliphatic rings. The van der Waals surface area contributed by atoms with Gasteiger partial charge in [0.25, 0.3) is 11.6 Å². The Morgan fingerprint density at radius 2 is 1.67 bits per heavy atom. The predicted octanol–water partition coefficient (Wildman–Crippen LogP) is 0.697. The van der Waals surface area contributed by atoms with Crippen molar-refractivity contribution in [2.45, 2.75) is 5.72 Å². The molecule has 0 spiro atoms. The number of carbonyl (C=O) groups excluding carboxylic acids is 3. The van der Waals surface area contributed by atoms with Crippen molar-refractivity contribution in [3.63, 3.8) is 0 Å².